The third-order valence-electron chi connectivity index (χ3n) is 2.82. The predicted molar refractivity (Wildman–Crippen MR) is 70.3 cm³/mol. The number of ether oxygens (including phenoxy) is 1. The smallest absolute Gasteiger partial charge is 0.119 e. The Morgan fingerprint density at radius 1 is 1.28 bits per heavy atom. The number of methoxy groups -OCH3 is 1. The van der Waals surface area contributed by atoms with Crippen molar-refractivity contribution >= 4 is 0 Å². The fourth-order valence-corrected chi connectivity index (χ4v) is 1.72. The van der Waals surface area contributed by atoms with Gasteiger partial charge in [-0.25, -0.2) is 9.97 Å². The highest BCUT2D eigenvalue weighted by molar-refractivity contribution is 5.30. The first-order chi connectivity index (χ1) is 8.79. The molecule has 1 atom stereocenters. The van der Waals surface area contributed by atoms with Crippen molar-refractivity contribution in [1.82, 2.24) is 15.3 Å². The summed E-state index contributed by atoms with van der Waals surface area (Å²) in [6.45, 7) is 2.87. The molecule has 18 heavy (non-hydrogen) atoms. The number of nitrogens with zero attached hydrogens (tertiary/aromatic N) is 2. The van der Waals surface area contributed by atoms with Gasteiger partial charge < -0.3 is 10.1 Å². The lowest BCUT2D eigenvalue weighted by atomic mass is 10.1. The molecule has 4 heteroatoms. The monoisotopic (exact) mass is 243 g/mol. The molecule has 4 nitrogen and oxygen atoms in total. The van der Waals surface area contributed by atoms with Gasteiger partial charge >= 0.3 is 0 Å². The topological polar surface area (TPSA) is 47.0 Å². The van der Waals surface area contributed by atoms with Crippen LogP contribution in [-0.4, -0.2) is 17.1 Å². The Morgan fingerprint density at radius 2 is 2.06 bits per heavy atom. The SMILES string of the molecule is COc1cccc(C(C)NCc2cncnc2)c1. The Balaban J connectivity index is 1.97. The molecule has 0 bridgehead atoms. The van der Waals surface area contributed by atoms with Crippen molar-refractivity contribution in [3.63, 3.8) is 0 Å². The van der Waals surface area contributed by atoms with Crippen molar-refractivity contribution in [3.05, 3.63) is 54.1 Å². The minimum Gasteiger partial charge on any atom is -0.497 e. The van der Waals surface area contributed by atoms with Crippen molar-refractivity contribution < 1.29 is 4.74 Å². The second-order valence-corrected chi connectivity index (χ2v) is 4.13. The number of rotatable bonds is 5. The van der Waals surface area contributed by atoms with Gasteiger partial charge in [0.1, 0.15) is 12.1 Å². The zero-order valence-electron chi connectivity index (χ0n) is 10.6. The highest BCUT2D eigenvalue weighted by atomic mass is 16.5. The minimum absolute atomic E-state index is 0.250. The molecule has 0 fully saturated rings. The number of benzene rings is 1. The van der Waals surface area contributed by atoms with Crippen molar-refractivity contribution in [2.75, 3.05) is 7.11 Å². The van der Waals surface area contributed by atoms with E-state index in [2.05, 4.69) is 28.3 Å². The standard InChI is InChI=1S/C14H17N3O/c1-11(13-4-3-5-14(6-13)18-2)17-9-12-7-15-10-16-8-12/h3-8,10-11,17H,9H2,1-2H3. The van der Waals surface area contributed by atoms with Gasteiger partial charge in [-0.3, -0.25) is 0 Å². The number of hydrogen-bond acceptors (Lipinski definition) is 4. The third kappa shape index (κ3) is 3.28. The molecule has 0 saturated carbocycles. The molecule has 2 aromatic rings. The van der Waals surface area contributed by atoms with Crippen molar-refractivity contribution in [1.29, 1.82) is 0 Å². The maximum atomic E-state index is 5.22. The van der Waals surface area contributed by atoms with Crippen LogP contribution in [-0.2, 0) is 6.54 Å². The van der Waals surface area contributed by atoms with E-state index in [4.69, 9.17) is 4.74 Å². The number of hydrogen-bond donors (Lipinski definition) is 1. The lowest BCUT2D eigenvalue weighted by Gasteiger charge is -2.14. The highest BCUT2D eigenvalue weighted by Gasteiger charge is 2.05. The van der Waals surface area contributed by atoms with Crippen LogP contribution in [0, 0.1) is 0 Å². The van der Waals surface area contributed by atoms with Crippen LogP contribution in [0.25, 0.3) is 0 Å². The fraction of sp³-hybridized carbons (Fsp3) is 0.286. The summed E-state index contributed by atoms with van der Waals surface area (Å²) in [5.41, 5.74) is 2.28. The summed E-state index contributed by atoms with van der Waals surface area (Å²) in [6, 6.07) is 8.32. The fourth-order valence-electron chi connectivity index (χ4n) is 1.72. The Labute approximate surface area is 107 Å². The molecule has 0 spiro atoms. The summed E-state index contributed by atoms with van der Waals surface area (Å²) in [7, 11) is 1.68. The first-order valence-corrected chi connectivity index (χ1v) is 5.91. The van der Waals surface area contributed by atoms with E-state index in [1.54, 1.807) is 7.11 Å². The van der Waals surface area contributed by atoms with Crippen LogP contribution >= 0.6 is 0 Å². The molecule has 94 valence electrons. The van der Waals surface area contributed by atoms with Crippen LogP contribution in [0.4, 0.5) is 0 Å². The Morgan fingerprint density at radius 3 is 2.78 bits per heavy atom. The van der Waals surface area contributed by atoms with E-state index in [0.717, 1.165) is 17.9 Å². The van der Waals surface area contributed by atoms with E-state index in [-0.39, 0.29) is 6.04 Å². The second kappa shape index (κ2) is 6.12. The van der Waals surface area contributed by atoms with E-state index in [1.165, 1.54) is 11.9 Å². The van der Waals surface area contributed by atoms with Crippen LogP contribution in [0.15, 0.2) is 43.0 Å². The molecule has 1 heterocycles. The zero-order chi connectivity index (χ0) is 12.8. The Kier molecular flexibility index (Phi) is 4.25. The zero-order valence-corrected chi connectivity index (χ0v) is 10.6. The van der Waals surface area contributed by atoms with E-state index < -0.39 is 0 Å². The van der Waals surface area contributed by atoms with Gasteiger partial charge in [-0.15, -0.1) is 0 Å². The van der Waals surface area contributed by atoms with E-state index in [0.29, 0.717) is 0 Å². The molecule has 1 unspecified atom stereocenters. The Bertz CT molecular complexity index is 487. The molecule has 0 aliphatic rings. The van der Waals surface area contributed by atoms with Gasteiger partial charge in [0.2, 0.25) is 0 Å². The molecule has 0 radical (unpaired) electrons. The maximum Gasteiger partial charge on any atom is 0.119 e. The molecular formula is C14H17N3O. The quantitative estimate of drug-likeness (QED) is 0.875. The number of nitrogens with one attached hydrogen (secondary N) is 1. The summed E-state index contributed by atoms with van der Waals surface area (Å²) in [5, 5.41) is 3.43. The lowest BCUT2D eigenvalue weighted by Crippen LogP contribution is -2.18. The summed E-state index contributed by atoms with van der Waals surface area (Å²) >= 11 is 0. The first kappa shape index (κ1) is 12.5. The van der Waals surface area contributed by atoms with Crippen LogP contribution in [0.2, 0.25) is 0 Å². The van der Waals surface area contributed by atoms with E-state index >= 15 is 0 Å². The van der Waals surface area contributed by atoms with Gasteiger partial charge in [-0.05, 0) is 24.6 Å². The largest absolute Gasteiger partial charge is 0.497 e. The van der Waals surface area contributed by atoms with Crippen LogP contribution in [0.5, 0.6) is 5.75 Å². The predicted octanol–water partition coefficient (Wildman–Crippen LogP) is 2.34. The summed E-state index contributed by atoms with van der Waals surface area (Å²) in [6.07, 6.45) is 5.17. The van der Waals surface area contributed by atoms with Crippen molar-refractivity contribution in [2.24, 2.45) is 0 Å². The average Bonchev–Trinajstić information content (AvgIpc) is 2.46. The summed E-state index contributed by atoms with van der Waals surface area (Å²) in [4.78, 5) is 7.98. The molecule has 0 aliphatic heterocycles. The summed E-state index contributed by atoms with van der Waals surface area (Å²) < 4.78 is 5.22. The normalized spacial score (nSPS) is 12.1. The second-order valence-electron chi connectivity index (χ2n) is 4.13. The number of aromatic nitrogens is 2. The van der Waals surface area contributed by atoms with E-state index in [1.807, 2.05) is 30.6 Å². The van der Waals surface area contributed by atoms with Crippen molar-refractivity contribution in [2.45, 2.75) is 19.5 Å². The molecule has 1 aromatic heterocycles. The first-order valence-electron chi connectivity index (χ1n) is 5.91. The van der Waals surface area contributed by atoms with Crippen molar-refractivity contribution in [3.8, 4) is 5.75 Å². The molecule has 1 N–H and O–H groups in total. The van der Waals surface area contributed by atoms with Gasteiger partial charge in [0.05, 0.1) is 7.11 Å². The van der Waals surface area contributed by atoms with Gasteiger partial charge in [-0.1, -0.05) is 12.1 Å². The average molecular weight is 243 g/mol. The van der Waals surface area contributed by atoms with Gasteiger partial charge in [0, 0.05) is 30.5 Å². The van der Waals surface area contributed by atoms with Crippen LogP contribution in [0.1, 0.15) is 24.1 Å². The van der Waals surface area contributed by atoms with Gasteiger partial charge in [0.25, 0.3) is 0 Å². The summed E-state index contributed by atoms with van der Waals surface area (Å²) in [5.74, 6) is 0.879. The minimum atomic E-state index is 0.250. The molecule has 0 saturated heterocycles. The third-order valence-corrected chi connectivity index (χ3v) is 2.82. The van der Waals surface area contributed by atoms with Crippen LogP contribution < -0.4 is 10.1 Å². The molecular weight excluding hydrogens is 226 g/mol. The molecule has 1 aromatic carbocycles. The molecule has 0 aliphatic carbocycles. The molecule has 2 rings (SSSR count). The maximum absolute atomic E-state index is 5.22. The Hall–Kier alpha value is -1.94. The highest BCUT2D eigenvalue weighted by Crippen LogP contribution is 2.18. The van der Waals surface area contributed by atoms with Gasteiger partial charge in [0.15, 0.2) is 0 Å². The van der Waals surface area contributed by atoms with Gasteiger partial charge in [-0.2, -0.15) is 0 Å². The lowest BCUT2D eigenvalue weighted by molar-refractivity contribution is 0.413. The molecule has 0 amide bonds. The van der Waals surface area contributed by atoms with E-state index in [9.17, 15) is 0 Å². The van der Waals surface area contributed by atoms with Crippen LogP contribution in [0.3, 0.4) is 0 Å².